The lowest BCUT2D eigenvalue weighted by atomic mass is 9.99. The molecule has 0 spiro atoms. The van der Waals surface area contributed by atoms with Crippen LogP contribution in [0, 0.1) is 17.2 Å². The van der Waals surface area contributed by atoms with Gasteiger partial charge >= 0.3 is 0 Å². The van der Waals surface area contributed by atoms with E-state index in [-0.39, 0.29) is 24.2 Å². The molecule has 1 aromatic carbocycles. The Morgan fingerprint density at radius 3 is 2.92 bits per heavy atom. The number of carbonyl (C=O) groups excluding carboxylic acids is 1. The smallest absolute Gasteiger partial charge is 0.254 e. The Balaban J connectivity index is 1.34. The van der Waals surface area contributed by atoms with Crippen LogP contribution in [0.25, 0.3) is 0 Å². The summed E-state index contributed by atoms with van der Waals surface area (Å²) in [4.78, 5) is 14.8. The molecule has 0 unspecified atom stereocenters. The summed E-state index contributed by atoms with van der Waals surface area (Å²) < 4.78 is 12.0. The molecule has 2 saturated heterocycles. The summed E-state index contributed by atoms with van der Waals surface area (Å²) >= 11 is 0. The minimum absolute atomic E-state index is 0.0108. The zero-order valence-electron chi connectivity index (χ0n) is 14.4. The number of nitrogens with zero attached hydrogens (tertiary/aromatic N) is 2. The number of carbonyl (C=O) groups is 1. The van der Waals surface area contributed by atoms with Crippen LogP contribution in [0.5, 0.6) is 0 Å². The summed E-state index contributed by atoms with van der Waals surface area (Å²) in [7, 11) is 0. The fourth-order valence-electron chi connectivity index (χ4n) is 3.91. The van der Waals surface area contributed by atoms with E-state index in [2.05, 4.69) is 6.07 Å². The van der Waals surface area contributed by atoms with E-state index in [1.165, 1.54) is 12.8 Å². The minimum atomic E-state index is 0.0108. The molecule has 1 aromatic rings. The third kappa shape index (κ3) is 3.70. The number of likely N-dealkylation sites (tertiary alicyclic amines) is 1. The van der Waals surface area contributed by atoms with Crippen LogP contribution in [0.15, 0.2) is 24.3 Å². The Morgan fingerprint density at radius 1 is 1.24 bits per heavy atom. The van der Waals surface area contributed by atoms with Crippen molar-refractivity contribution in [2.45, 2.75) is 50.4 Å². The summed E-state index contributed by atoms with van der Waals surface area (Å²) in [6.07, 6.45) is 5.68. The van der Waals surface area contributed by atoms with Crippen LogP contribution in [-0.4, -0.2) is 48.8 Å². The number of ether oxygens (including phenoxy) is 2. The largest absolute Gasteiger partial charge is 0.378 e. The molecule has 25 heavy (non-hydrogen) atoms. The number of rotatable bonds is 5. The molecule has 2 aliphatic heterocycles. The van der Waals surface area contributed by atoms with E-state index in [0.717, 1.165) is 38.3 Å². The SMILES string of the molecule is N#Cc1cccc(C(=O)N2CC[C@@H]3O[C@H](COCC4CC4)CC[C@@H]32)c1. The van der Waals surface area contributed by atoms with E-state index in [1.54, 1.807) is 24.3 Å². The quantitative estimate of drug-likeness (QED) is 0.827. The molecule has 3 atom stereocenters. The van der Waals surface area contributed by atoms with Gasteiger partial charge in [0.2, 0.25) is 0 Å². The Hall–Kier alpha value is -1.90. The van der Waals surface area contributed by atoms with Crippen LogP contribution in [0.4, 0.5) is 0 Å². The second-order valence-corrected chi connectivity index (χ2v) is 7.40. The second-order valence-electron chi connectivity index (χ2n) is 7.40. The average molecular weight is 340 g/mol. The second kappa shape index (κ2) is 7.15. The van der Waals surface area contributed by atoms with Crippen molar-refractivity contribution in [2.24, 2.45) is 5.92 Å². The highest BCUT2D eigenvalue weighted by Crippen LogP contribution is 2.33. The number of hydrogen-bond acceptors (Lipinski definition) is 4. The first kappa shape index (κ1) is 16.6. The predicted octanol–water partition coefficient (Wildman–Crippen LogP) is 2.75. The monoisotopic (exact) mass is 340 g/mol. The fourth-order valence-corrected chi connectivity index (χ4v) is 3.91. The van der Waals surface area contributed by atoms with Gasteiger partial charge in [-0.2, -0.15) is 5.26 Å². The normalized spacial score (nSPS) is 28.4. The van der Waals surface area contributed by atoms with E-state index in [0.29, 0.717) is 17.7 Å². The van der Waals surface area contributed by atoms with Crippen molar-refractivity contribution in [1.82, 2.24) is 4.90 Å². The fraction of sp³-hybridized carbons (Fsp3) is 0.600. The summed E-state index contributed by atoms with van der Waals surface area (Å²) in [6.45, 7) is 2.27. The molecule has 0 aromatic heterocycles. The van der Waals surface area contributed by atoms with Crippen molar-refractivity contribution >= 4 is 5.91 Å². The van der Waals surface area contributed by atoms with Gasteiger partial charge in [-0.3, -0.25) is 4.79 Å². The molecule has 1 saturated carbocycles. The summed E-state index contributed by atoms with van der Waals surface area (Å²) in [5.41, 5.74) is 1.11. The van der Waals surface area contributed by atoms with Gasteiger partial charge in [-0.05, 0) is 56.2 Å². The van der Waals surface area contributed by atoms with Gasteiger partial charge in [-0.1, -0.05) is 6.07 Å². The van der Waals surface area contributed by atoms with Crippen molar-refractivity contribution in [2.75, 3.05) is 19.8 Å². The molecular weight excluding hydrogens is 316 g/mol. The maximum atomic E-state index is 12.8. The van der Waals surface area contributed by atoms with Crippen LogP contribution >= 0.6 is 0 Å². The molecule has 0 N–H and O–H groups in total. The van der Waals surface area contributed by atoms with Gasteiger partial charge in [0.05, 0.1) is 36.5 Å². The lowest BCUT2D eigenvalue weighted by molar-refractivity contribution is -0.0973. The van der Waals surface area contributed by atoms with Crippen molar-refractivity contribution in [1.29, 1.82) is 5.26 Å². The third-order valence-corrected chi connectivity index (χ3v) is 5.49. The predicted molar refractivity (Wildman–Crippen MR) is 92.0 cm³/mol. The molecule has 0 radical (unpaired) electrons. The minimum Gasteiger partial charge on any atom is -0.378 e. The zero-order valence-corrected chi connectivity index (χ0v) is 14.4. The molecule has 1 aliphatic carbocycles. The Kier molecular flexibility index (Phi) is 4.74. The van der Waals surface area contributed by atoms with Crippen molar-refractivity contribution in [3.63, 3.8) is 0 Å². The highest BCUT2D eigenvalue weighted by atomic mass is 16.5. The van der Waals surface area contributed by atoms with Gasteiger partial charge in [0.25, 0.3) is 5.91 Å². The summed E-state index contributed by atoms with van der Waals surface area (Å²) in [5.74, 6) is 0.789. The van der Waals surface area contributed by atoms with Crippen LogP contribution in [0.2, 0.25) is 0 Å². The van der Waals surface area contributed by atoms with Gasteiger partial charge < -0.3 is 14.4 Å². The lowest BCUT2D eigenvalue weighted by Gasteiger charge is -2.36. The van der Waals surface area contributed by atoms with E-state index < -0.39 is 0 Å². The van der Waals surface area contributed by atoms with Gasteiger partial charge in [0, 0.05) is 18.7 Å². The summed E-state index contributed by atoms with van der Waals surface area (Å²) in [5, 5.41) is 9.03. The molecule has 4 rings (SSSR count). The highest BCUT2D eigenvalue weighted by molar-refractivity contribution is 5.95. The van der Waals surface area contributed by atoms with E-state index in [1.807, 2.05) is 4.90 Å². The molecule has 2 heterocycles. The molecule has 3 fully saturated rings. The van der Waals surface area contributed by atoms with E-state index >= 15 is 0 Å². The van der Waals surface area contributed by atoms with Crippen molar-refractivity contribution in [3.8, 4) is 6.07 Å². The Labute approximate surface area is 148 Å². The number of amides is 1. The maximum absolute atomic E-state index is 12.8. The van der Waals surface area contributed by atoms with E-state index in [9.17, 15) is 4.79 Å². The van der Waals surface area contributed by atoms with Crippen LogP contribution in [0.1, 0.15) is 48.0 Å². The first-order chi connectivity index (χ1) is 12.2. The zero-order chi connectivity index (χ0) is 17.2. The molecule has 0 bridgehead atoms. The maximum Gasteiger partial charge on any atom is 0.254 e. The average Bonchev–Trinajstić information content (AvgIpc) is 3.38. The molecule has 5 heteroatoms. The Morgan fingerprint density at radius 2 is 2.12 bits per heavy atom. The number of benzene rings is 1. The molecule has 5 nitrogen and oxygen atoms in total. The number of fused-ring (bicyclic) bond motifs is 1. The van der Waals surface area contributed by atoms with Gasteiger partial charge in [0.15, 0.2) is 0 Å². The van der Waals surface area contributed by atoms with Crippen LogP contribution in [0.3, 0.4) is 0 Å². The van der Waals surface area contributed by atoms with Crippen LogP contribution < -0.4 is 0 Å². The highest BCUT2D eigenvalue weighted by Gasteiger charge is 2.42. The topological polar surface area (TPSA) is 62.6 Å². The lowest BCUT2D eigenvalue weighted by Crippen LogP contribution is -2.46. The van der Waals surface area contributed by atoms with E-state index in [4.69, 9.17) is 14.7 Å². The van der Waals surface area contributed by atoms with Crippen molar-refractivity contribution in [3.05, 3.63) is 35.4 Å². The molecule has 3 aliphatic rings. The van der Waals surface area contributed by atoms with Gasteiger partial charge in [0.1, 0.15) is 0 Å². The van der Waals surface area contributed by atoms with Gasteiger partial charge in [-0.25, -0.2) is 0 Å². The Bertz CT molecular complexity index is 680. The first-order valence-electron chi connectivity index (χ1n) is 9.29. The standard InChI is InChI=1S/C20H24N2O3/c21-11-15-2-1-3-16(10-15)20(23)22-9-8-19-18(22)7-6-17(25-19)13-24-12-14-4-5-14/h1-3,10,14,17-19H,4-9,12-13H2/t17-,18-,19-/m0/s1. The summed E-state index contributed by atoms with van der Waals surface area (Å²) in [6, 6.07) is 9.20. The third-order valence-electron chi connectivity index (χ3n) is 5.49. The molecule has 132 valence electrons. The molecular formula is C20H24N2O3. The first-order valence-corrected chi connectivity index (χ1v) is 9.29. The van der Waals surface area contributed by atoms with Gasteiger partial charge in [-0.15, -0.1) is 0 Å². The van der Waals surface area contributed by atoms with Crippen LogP contribution in [-0.2, 0) is 9.47 Å². The van der Waals surface area contributed by atoms with Crippen molar-refractivity contribution < 1.29 is 14.3 Å². The number of hydrogen-bond donors (Lipinski definition) is 0. The number of nitriles is 1. The molecule has 1 amide bonds.